The summed E-state index contributed by atoms with van der Waals surface area (Å²) in [6, 6.07) is 7.87. The lowest BCUT2D eigenvalue weighted by atomic mass is 10.2. The molecule has 0 N–H and O–H groups in total. The smallest absolute Gasteiger partial charge is 0.152 e. The summed E-state index contributed by atoms with van der Waals surface area (Å²) in [6.07, 6.45) is 0. The molecule has 0 amide bonds. The number of hydrogen-bond acceptors (Lipinski definition) is 1. The number of halogens is 2. The van der Waals surface area contributed by atoms with E-state index in [-0.39, 0.29) is 0 Å². The van der Waals surface area contributed by atoms with Crippen LogP contribution in [0.3, 0.4) is 0 Å². The second-order valence-electron chi connectivity index (χ2n) is 2.83. The minimum absolute atomic E-state index is 0.564. The summed E-state index contributed by atoms with van der Waals surface area (Å²) in [4.78, 5) is -0.564. The molecule has 0 aliphatic heterocycles. The van der Waals surface area contributed by atoms with E-state index in [1.165, 1.54) is 0 Å². The van der Waals surface area contributed by atoms with Crippen molar-refractivity contribution in [2.75, 3.05) is 0 Å². The number of hydrogen-bond donors (Lipinski definition) is 0. The molecule has 2 rings (SSSR count). The first-order chi connectivity index (χ1) is 6.20. The van der Waals surface area contributed by atoms with Crippen molar-refractivity contribution in [2.45, 2.75) is 4.84 Å². The second kappa shape index (κ2) is 3.20. The van der Waals surface area contributed by atoms with Crippen LogP contribution in [-0.2, 0) is 7.05 Å². The van der Waals surface area contributed by atoms with Crippen molar-refractivity contribution in [2.24, 2.45) is 7.05 Å². The highest BCUT2D eigenvalue weighted by Crippen LogP contribution is 2.29. The van der Waals surface area contributed by atoms with E-state index in [1.807, 2.05) is 31.3 Å². The summed E-state index contributed by atoms with van der Waals surface area (Å²) in [6.45, 7) is 0. The molecular weight excluding hydrogens is 207 g/mol. The lowest BCUT2D eigenvalue weighted by Crippen LogP contribution is -1.90. The molecule has 1 heterocycles. The molecule has 0 saturated heterocycles. The third-order valence-electron chi connectivity index (χ3n) is 1.99. The fourth-order valence-electron chi connectivity index (χ4n) is 1.40. The lowest BCUT2D eigenvalue weighted by Gasteiger charge is -1.94. The van der Waals surface area contributed by atoms with Gasteiger partial charge in [-0.15, -0.1) is 0 Å². The number of aryl methyl sites for hydroxylation is 1. The lowest BCUT2D eigenvalue weighted by molar-refractivity contribution is 0.778. The summed E-state index contributed by atoms with van der Waals surface area (Å²) in [5.41, 5.74) is 1.77. The maximum Gasteiger partial charge on any atom is 0.152 e. The van der Waals surface area contributed by atoms with Gasteiger partial charge in [-0.05, 0) is 6.07 Å². The predicted molar refractivity (Wildman–Crippen MR) is 55.2 cm³/mol. The van der Waals surface area contributed by atoms with Crippen molar-refractivity contribution in [3.8, 4) is 0 Å². The molecule has 0 aliphatic rings. The summed E-state index contributed by atoms with van der Waals surface area (Å²) in [7, 11) is 1.88. The molecule has 0 saturated carbocycles. The number of benzene rings is 1. The summed E-state index contributed by atoms with van der Waals surface area (Å²) in [5.74, 6) is 0. The highest BCUT2D eigenvalue weighted by molar-refractivity contribution is 6.44. The van der Waals surface area contributed by atoms with E-state index in [0.717, 1.165) is 16.6 Å². The molecule has 0 aliphatic carbocycles. The maximum atomic E-state index is 5.79. The quantitative estimate of drug-likeness (QED) is 0.668. The monoisotopic (exact) mass is 214 g/mol. The molecule has 4 heteroatoms. The molecule has 0 bridgehead atoms. The normalized spacial score (nSPS) is 11.4. The van der Waals surface area contributed by atoms with Crippen molar-refractivity contribution < 1.29 is 0 Å². The van der Waals surface area contributed by atoms with Crippen molar-refractivity contribution in [3.63, 3.8) is 0 Å². The van der Waals surface area contributed by atoms with Gasteiger partial charge in [0.25, 0.3) is 0 Å². The van der Waals surface area contributed by atoms with E-state index in [2.05, 4.69) is 5.10 Å². The van der Waals surface area contributed by atoms with Crippen molar-refractivity contribution in [1.29, 1.82) is 0 Å². The van der Waals surface area contributed by atoms with E-state index in [1.54, 1.807) is 4.68 Å². The number of fused-ring (bicyclic) bond motifs is 1. The van der Waals surface area contributed by atoms with Crippen LogP contribution in [0.25, 0.3) is 10.9 Å². The van der Waals surface area contributed by atoms with Gasteiger partial charge >= 0.3 is 0 Å². The average Bonchev–Trinajstić information content (AvgIpc) is 2.45. The first-order valence-electron chi connectivity index (χ1n) is 3.90. The topological polar surface area (TPSA) is 17.8 Å². The Labute approximate surface area is 86.1 Å². The zero-order chi connectivity index (χ0) is 9.42. The van der Waals surface area contributed by atoms with Gasteiger partial charge in [0, 0.05) is 12.4 Å². The Hall–Kier alpha value is -0.730. The van der Waals surface area contributed by atoms with E-state index in [4.69, 9.17) is 23.2 Å². The van der Waals surface area contributed by atoms with Crippen molar-refractivity contribution in [3.05, 3.63) is 30.0 Å². The largest absolute Gasteiger partial charge is 0.268 e. The molecule has 0 spiro atoms. The number of rotatable bonds is 1. The van der Waals surface area contributed by atoms with Gasteiger partial charge in [0.05, 0.1) is 5.52 Å². The molecule has 0 atom stereocenters. The van der Waals surface area contributed by atoms with Crippen molar-refractivity contribution in [1.82, 2.24) is 9.78 Å². The van der Waals surface area contributed by atoms with Crippen LogP contribution in [0.4, 0.5) is 0 Å². The summed E-state index contributed by atoms with van der Waals surface area (Å²) >= 11 is 11.6. The molecule has 0 radical (unpaired) electrons. The number of nitrogens with zero attached hydrogens (tertiary/aromatic N) is 2. The van der Waals surface area contributed by atoms with Crippen LogP contribution in [0.1, 0.15) is 10.5 Å². The Morgan fingerprint density at radius 2 is 2.00 bits per heavy atom. The molecule has 0 unspecified atom stereocenters. The third kappa shape index (κ3) is 1.40. The Morgan fingerprint density at radius 1 is 1.31 bits per heavy atom. The molecule has 13 heavy (non-hydrogen) atoms. The van der Waals surface area contributed by atoms with Gasteiger partial charge < -0.3 is 0 Å². The van der Waals surface area contributed by atoms with Crippen LogP contribution in [0.5, 0.6) is 0 Å². The third-order valence-corrected chi connectivity index (χ3v) is 2.41. The Bertz CT molecular complexity index is 434. The predicted octanol–water partition coefficient (Wildman–Crippen LogP) is 3.05. The van der Waals surface area contributed by atoms with Gasteiger partial charge in [0.1, 0.15) is 5.69 Å². The van der Waals surface area contributed by atoms with Crippen molar-refractivity contribution >= 4 is 34.1 Å². The van der Waals surface area contributed by atoms with Gasteiger partial charge in [-0.3, -0.25) is 4.68 Å². The van der Waals surface area contributed by atoms with E-state index < -0.39 is 4.84 Å². The van der Waals surface area contributed by atoms with Gasteiger partial charge in [0.2, 0.25) is 0 Å². The summed E-state index contributed by atoms with van der Waals surface area (Å²) in [5, 5.41) is 5.26. The average molecular weight is 215 g/mol. The zero-order valence-electron chi connectivity index (χ0n) is 7.04. The zero-order valence-corrected chi connectivity index (χ0v) is 8.55. The fourth-order valence-corrected chi connectivity index (χ4v) is 1.73. The van der Waals surface area contributed by atoms with Crippen LogP contribution < -0.4 is 0 Å². The second-order valence-corrected chi connectivity index (χ2v) is 3.92. The minimum atomic E-state index is -0.564. The van der Waals surface area contributed by atoms with Crippen LogP contribution >= 0.6 is 23.2 Å². The maximum absolute atomic E-state index is 5.79. The first kappa shape index (κ1) is 8.85. The van der Waals surface area contributed by atoms with Gasteiger partial charge in [-0.2, -0.15) is 5.10 Å². The first-order valence-corrected chi connectivity index (χ1v) is 4.77. The standard InChI is InChI=1S/C9H8Cl2N2/c1-13-7-5-3-2-4-6(7)8(12-13)9(10)11/h2-5,9H,1H3. The Balaban J connectivity index is 2.78. The highest BCUT2D eigenvalue weighted by Gasteiger charge is 2.13. The van der Waals surface area contributed by atoms with Gasteiger partial charge in [-0.25, -0.2) is 0 Å². The van der Waals surface area contributed by atoms with E-state index in [0.29, 0.717) is 0 Å². The van der Waals surface area contributed by atoms with Crippen LogP contribution in [0, 0.1) is 0 Å². The molecule has 1 aromatic heterocycles. The van der Waals surface area contributed by atoms with Gasteiger partial charge in [0.15, 0.2) is 4.84 Å². The Kier molecular flexibility index (Phi) is 2.18. The Morgan fingerprint density at radius 3 is 2.69 bits per heavy atom. The van der Waals surface area contributed by atoms with Crippen LogP contribution in [0.2, 0.25) is 0 Å². The molecular formula is C9H8Cl2N2. The summed E-state index contributed by atoms with van der Waals surface area (Å²) < 4.78 is 1.78. The minimum Gasteiger partial charge on any atom is -0.268 e. The van der Waals surface area contributed by atoms with Crippen LogP contribution in [0.15, 0.2) is 24.3 Å². The van der Waals surface area contributed by atoms with E-state index in [9.17, 15) is 0 Å². The highest BCUT2D eigenvalue weighted by atomic mass is 35.5. The SMILES string of the molecule is Cn1nc(C(Cl)Cl)c2ccccc21. The number of aromatic nitrogens is 2. The molecule has 2 nitrogen and oxygen atoms in total. The van der Waals surface area contributed by atoms with Crippen LogP contribution in [-0.4, -0.2) is 9.78 Å². The number of alkyl halides is 2. The molecule has 68 valence electrons. The molecule has 2 aromatic rings. The fraction of sp³-hybridized carbons (Fsp3) is 0.222. The van der Waals surface area contributed by atoms with Gasteiger partial charge in [-0.1, -0.05) is 41.4 Å². The van der Waals surface area contributed by atoms with E-state index >= 15 is 0 Å². The molecule has 1 aromatic carbocycles. The number of para-hydroxylation sites is 1. The molecule has 0 fully saturated rings.